The van der Waals surface area contributed by atoms with Crippen LogP contribution in [0.5, 0.6) is 0 Å². The van der Waals surface area contributed by atoms with Crippen LogP contribution >= 0.6 is 0 Å². The number of pyridine rings is 1. The monoisotopic (exact) mass is 312 g/mol. The van der Waals surface area contributed by atoms with Gasteiger partial charge in [0.25, 0.3) is 0 Å². The average molecular weight is 312 g/mol. The van der Waals surface area contributed by atoms with Gasteiger partial charge in [0, 0.05) is 35.9 Å². The molecule has 116 valence electrons. The lowest BCUT2D eigenvalue weighted by molar-refractivity contribution is 0.104. The molecule has 0 unspecified atom stereocenters. The van der Waals surface area contributed by atoms with E-state index in [9.17, 15) is 4.79 Å². The fourth-order valence-electron chi connectivity index (χ4n) is 3.03. The minimum absolute atomic E-state index is 0.0417. The van der Waals surface area contributed by atoms with Gasteiger partial charge >= 0.3 is 0 Å². The summed E-state index contributed by atoms with van der Waals surface area (Å²) in [7, 11) is 2.04. The summed E-state index contributed by atoms with van der Waals surface area (Å²) < 4.78 is 0. The molecule has 0 bridgehead atoms. The highest BCUT2D eigenvalue weighted by Gasteiger charge is 2.12. The molecule has 3 heteroatoms. The van der Waals surface area contributed by atoms with E-state index >= 15 is 0 Å². The highest BCUT2D eigenvalue weighted by atomic mass is 16.1. The maximum absolute atomic E-state index is 11.9. The van der Waals surface area contributed by atoms with E-state index in [1.165, 1.54) is 11.3 Å². The number of para-hydroxylation sites is 1. The third-order valence-electron chi connectivity index (χ3n) is 4.28. The van der Waals surface area contributed by atoms with Gasteiger partial charge in [-0.15, -0.1) is 0 Å². The molecule has 0 fully saturated rings. The van der Waals surface area contributed by atoms with Crippen LogP contribution in [-0.4, -0.2) is 17.8 Å². The molecule has 3 nitrogen and oxygen atoms in total. The number of carbonyl (C=O) groups is 1. The summed E-state index contributed by atoms with van der Waals surface area (Å²) >= 11 is 0. The number of anilines is 1. The molecule has 0 saturated carbocycles. The number of hydrogen-bond acceptors (Lipinski definition) is 3. The molecule has 0 spiro atoms. The Labute approximate surface area is 140 Å². The molecule has 0 saturated heterocycles. The Bertz CT molecular complexity index is 1040. The molecule has 1 aromatic heterocycles. The summed E-state index contributed by atoms with van der Waals surface area (Å²) in [5.74, 6) is -0.0417. The number of allylic oxidation sites excluding steroid dienone is 5. The van der Waals surface area contributed by atoms with Crippen molar-refractivity contribution in [2.75, 3.05) is 11.9 Å². The van der Waals surface area contributed by atoms with Crippen molar-refractivity contribution in [3.8, 4) is 0 Å². The van der Waals surface area contributed by atoms with E-state index in [4.69, 9.17) is 0 Å². The zero-order valence-electron chi connectivity index (χ0n) is 13.3. The Morgan fingerprint density at radius 1 is 1.08 bits per heavy atom. The number of hydrogen-bond donors (Lipinski definition) is 0. The first-order chi connectivity index (χ1) is 11.7. The summed E-state index contributed by atoms with van der Waals surface area (Å²) in [5.41, 5.74) is 4.04. The Morgan fingerprint density at radius 3 is 2.88 bits per heavy atom. The molecule has 0 radical (unpaired) electrons. The summed E-state index contributed by atoms with van der Waals surface area (Å²) in [6, 6.07) is 10.3. The molecule has 1 aromatic carbocycles. The van der Waals surface area contributed by atoms with Crippen LogP contribution in [0.1, 0.15) is 16.1 Å². The second-order valence-electron chi connectivity index (χ2n) is 5.78. The van der Waals surface area contributed by atoms with Gasteiger partial charge in [0.1, 0.15) is 5.69 Å². The first kappa shape index (κ1) is 14.4. The smallest absolute Gasteiger partial charge is 0.204 e. The van der Waals surface area contributed by atoms with Gasteiger partial charge < -0.3 is 4.90 Å². The highest BCUT2D eigenvalue weighted by Crippen LogP contribution is 2.31. The molecule has 1 aliphatic carbocycles. The lowest BCUT2D eigenvalue weighted by Gasteiger charge is -2.23. The molecule has 2 heterocycles. The lowest BCUT2D eigenvalue weighted by atomic mass is 9.99. The van der Waals surface area contributed by atoms with E-state index in [1.807, 2.05) is 37.4 Å². The average Bonchev–Trinajstić information content (AvgIpc) is 2.62. The Morgan fingerprint density at radius 2 is 1.96 bits per heavy atom. The minimum Gasteiger partial charge on any atom is -0.351 e. The predicted octanol–water partition coefficient (Wildman–Crippen LogP) is 2.44. The molecule has 24 heavy (non-hydrogen) atoms. The van der Waals surface area contributed by atoms with Crippen LogP contribution in [0.15, 0.2) is 67.0 Å². The van der Waals surface area contributed by atoms with E-state index in [-0.39, 0.29) is 5.78 Å². The highest BCUT2D eigenvalue weighted by molar-refractivity contribution is 6.05. The van der Waals surface area contributed by atoms with Crippen molar-refractivity contribution in [3.05, 3.63) is 88.7 Å². The lowest BCUT2D eigenvalue weighted by Crippen LogP contribution is -2.32. The molecular weight excluding hydrogens is 296 g/mol. The number of aromatic nitrogens is 1. The number of rotatable bonds is 1. The van der Waals surface area contributed by atoms with E-state index < -0.39 is 0 Å². The van der Waals surface area contributed by atoms with Gasteiger partial charge in [0.2, 0.25) is 5.78 Å². The van der Waals surface area contributed by atoms with Crippen molar-refractivity contribution in [1.29, 1.82) is 0 Å². The summed E-state index contributed by atoms with van der Waals surface area (Å²) in [4.78, 5) is 18.2. The minimum atomic E-state index is -0.0417. The molecule has 2 aliphatic rings. The van der Waals surface area contributed by atoms with Crippen LogP contribution in [0.4, 0.5) is 5.69 Å². The zero-order chi connectivity index (χ0) is 16.5. The number of benzene rings is 1. The van der Waals surface area contributed by atoms with Gasteiger partial charge in [-0.3, -0.25) is 9.78 Å². The van der Waals surface area contributed by atoms with E-state index in [0.29, 0.717) is 5.69 Å². The Balaban J connectivity index is 1.87. The Kier molecular flexibility index (Phi) is 3.47. The van der Waals surface area contributed by atoms with Crippen molar-refractivity contribution >= 4 is 29.2 Å². The second kappa shape index (κ2) is 5.78. The zero-order valence-corrected chi connectivity index (χ0v) is 13.3. The molecular formula is C21H16N2O. The fraction of sp³-hybridized carbons (Fsp3) is 0.0476. The van der Waals surface area contributed by atoms with Crippen LogP contribution in [0, 0.1) is 0 Å². The van der Waals surface area contributed by atoms with Gasteiger partial charge in [0.05, 0.1) is 0 Å². The maximum atomic E-state index is 11.9. The Hall–Kier alpha value is -3.20. The van der Waals surface area contributed by atoms with Crippen LogP contribution < -0.4 is 15.3 Å². The quantitative estimate of drug-likeness (QED) is 0.811. The topological polar surface area (TPSA) is 33.2 Å². The van der Waals surface area contributed by atoms with Crippen molar-refractivity contribution < 1.29 is 4.79 Å². The number of ketones is 1. The number of nitrogens with zero attached hydrogens (tertiary/aromatic N) is 2. The third kappa shape index (κ3) is 2.40. The molecule has 2 aromatic rings. The van der Waals surface area contributed by atoms with E-state index in [0.717, 1.165) is 16.0 Å². The van der Waals surface area contributed by atoms with Gasteiger partial charge in [-0.2, -0.15) is 0 Å². The summed E-state index contributed by atoms with van der Waals surface area (Å²) in [6.07, 6.45) is 15.2. The first-order valence-electron chi connectivity index (χ1n) is 7.84. The SMILES string of the molecule is CN1C=CC(=CC=c2ccnc3c2=CC=CC3=O)c2ccccc21. The van der Waals surface area contributed by atoms with Crippen molar-refractivity contribution in [2.24, 2.45) is 0 Å². The normalized spacial score (nSPS) is 17.7. The van der Waals surface area contributed by atoms with Crippen LogP contribution in [-0.2, 0) is 0 Å². The van der Waals surface area contributed by atoms with Crippen LogP contribution in [0.3, 0.4) is 0 Å². The number of carbonyl (C=O) groups excluding carboxylic acids is 1. The van der Waals surface area contributed by atoms with Crippen molar-refractivity contribution in [2.45, 2.75) is 0 Å². The van der Waals surface area contributed by atoms with Crippen molar-refractivity contribution in [1.82, 2.24) is 4.98 Å². The van der Waals surface area contributed by atoms with E-state index in [2.05, 4.69) is 40.4 Å². The standard InChI is InChI=1S/C21H16N2O/c1-23-14-12-16(17-5-2-3-7-19(17)23)10-9-15-11-13-22-21-18(15)6-4-8-20(21)24/h2-14H,1H3. The van der Waals surface area contributed by atoms with Gasteiger partial charge in [0.15, 0.2) is 0 Å². The molecule has 1 aliphatic heterocycles. The summed E-state index contributed by atoms with van der Waals surface area (Å²) in [5, 5.41) is 1.88. The maximum Gasteiger partial charge on any atom is 0.204 e. The van der Waals surface area contributed by atoms with Gasteiger partial charge in [-0.1, -0.05) is 42.5 Å². The number of fused-ring (bicyclic) bond motifs is 2. The first-order valence-corrected chi connectivity index (χ1v) is 7.84. The molecule has 0 amide bonds. The van der Waals surface area contributed by atoms with E-state index in [1.54, 1.807) is 18.3 Å². The predicted molar refractivity (Wildman–Crippen MR) is 97.8 cm³/mol. The van der Waals surface area contributed by atoms with Crippen LogP contribution in [0.2, 0.25) is 0 Å². The molecule has 0 atom stereocenters. The fourth-order valence-corrected chi connectivity index (χ4v) is 3.03. The van der Waals surface area contributed by atoms with Gasteiger partial charge in [-0.05, 0) is 35.1 Å². The van der Waals surface area contributed by atoms with Gasteiger partial charge in [-0.25, -0.2) is 0 Å². The van der Waals surface area contributed by atoms with Crippen molar-refractivity contribution in [3.63, 3.8) is 0 Å². The summed E-state index contributed by atoms with van der Waals surface area (Å²) in [6.45, 7) is 0. The van der Waals surface area contributed by atoms with Crippen LogP contribution in [0.25, 0.3) is 17.7 Å². The second-order valence-corrected chi connectivity index (χ2v) is 5.78. The molecule has 4 rings (SSSR count). The third-order valence-corrected chi connectivity index (χ3v) is 4.28. The largest absolute Gasteiger partial charge is 0.351 e. The molecule has 0 N–H and O–H groups in total.